The first kappa shape index (κ1) is 19.2. The number of phenolic OH excluding ortho intramolecular Hbond substituents is 6. The highest BCUT2D eigenvalue weighted by Crippen LogP contribution is 2.29. The van der Waals surface area contributed by atoms with Crippen LogP contribution in [0.15, 0.2) is 54.6 Å². The van der Waals surface area contributed by atoms with E-state index in [1.165, 1.54) is 36.4 Å². The fourth-order valence-electron chi connectivity index (χ4n) is 2.94. The lowest BCUT2D eigenvalue weighted by Gasteiger charge is -2.23. The fraction of sp³-hybridized carbons (Fsp3) is 0.143. The normalized spacial score (nSPS) is 11.0. The van der Waals surface area contributed by atoms with E-state index in [1.807, 2.05) is 4.90 Å². The maximum absolute atomic E-state index is 9.74. The standard InChI is InChI=1S/C21H21NO6/c23-16-4-1-13(7-19(16)26)10-22(11-14-2-5-17(24)20(27)8-14)12-15-3-6-18(25)21(28)9-15/h1-9,23-28H,10-12H2. The van der Waals surface area contributed by atoms with Gasteiger partial charge in [-0.2, -0.15) is 0 Å². The van der Waals surface area contributed by atoms with Crippen molar-refractivity contribution >= 4 is 0 Å². The molecule has 3 rings (SSSR count). The first-order valence-corrected chi connectivity index (χ1v) is 8.57. The first-order chi connectivity index (χ1) is 13.3. The number of hydrogen-bond donors (Lipinski definition) is 6. The number of rotatable bonds is 6. The molecule has 28 heavy (non-hydrogen) atoms. The first-order valence-electron chi connectivity index (χ1n) is 8.57. The Morgan fingerprint density at radius 1 is 0.429 bits per heavy atom. The number of phenols is 6. The van der Waals surface area contributed by atoms with Crippen LogP contribution < -0.4 is 0 Å². The Bertz CT molecular complexity index is 861. The third-order valence-corrected chi connectivity index (χ3v) is 4.34. The van der Waals surface area contributed by atoms with Crippen LogP contribution in [0, 0.1) is 0 Å². The average Bonchev–Trinajstić information content (AvgIpc) is 2.64. The van der Waals surface area contributed by atoms with Crippen LogP contribution in [0.3, 0.4) is 0 Å². The number of nitrogens with zero attached hydrogens (tertiary/aromatic N) is 1. The zero-order valence-corrected chi connectivity index (χ0v) is 14.9. The molecular weight excluding hydrogens is 362 g/mol. The van der Waals surface area contributed by atoms with Crippen molar-refractivity contribution in [2.75, 3.05) is 0 Å². The molecule has 7 nitrogen and oxygen atoms in total. The van der Waals surface area contributed by atoms with Crippen molar-refractivity contribution in [3.8, 4) is 34.5 Å². The van der Waals surface area contributed by atoms with Crippen molar-refractivity contribution in [1.29, 1.82) is 0 Å². The Morgan fingerprint density at radius 2 is 0.714 bits per heavy atom. The third-order valence-electron chi connectivity index (χ3n) is 4.34. The largest absolute Gasteiger partial charge is 0.504 e. The number of hydrogen-bond acceptors (Lipinski definition) is 7. The minimum Gasteiger partial charge on any atom is -0.504 e. The van der Waals surface area contributed by atoms with Crippen LogP contribution in [0.5, 0.6) is 34.5 Å². The zero-order chi connectivity index (χ0) is 20.3. The van der Waals surface area contributed by atoms with Crippen LogP contribution >= 0.6 is 0 Å². The Morgan fingerprint density at radius 3 is 0.964 bits per heavy atom. The lowest BCUT2D eigenvalue weighted by molar-refractivity contribution is 0.246. The van der Waals surface area contributed by atoms with Gasteiger partial charge in [0.05, 0.1) is 0 Å². The summed E-state index contributed by atoms with van der Waals surface area (Å²) in [6, 6.07) is 13.7. The van der Waals surface area contributed by atoms with E-state index in [0.717, 1.165) is 16.7 Å². The van der Waals surface area contributed by atoms with E-state index in [0.29, 0.717) is 19.6 Å². The van der Waals surface area contributed by atoms with E-state index in [2.05, 4.69) is 0 Å². The molecule has 6 N–H and O–H groups in total. The number of benzene rings is 3. The molecule has 3 aromatic rings. The molecule has 0 unspecified atom stereocenters. The van der Waals surface area contributed by atoms with Crippen LogP contribution in [0.4, 0.5) is 0 Å². The topological polar surface area (TPSA) is 125 Å². The molecule has 0 saturated carbocycles. The van der Waals surface area contributed by atoms with Gasteiger partial charge in [0.2, 0.25) is 0 Å². The summed E-state index contributed by atoms with van der Waals surface area (Å²) in [6.45, 7) is 1.20. The van der Waals surface area contributed by atoms with Gasteiger partial charge in [0.1, 0.15) is 0 Å². The van der Waals surface area contributed by atoms with Gasteiger partial charge >= 0.3 is 0 Å². The molecule has 0 bridgehead atoms. The molecule has 0 spiro atoms. The molecule has 0 heterocycles. The van der Waals surface area contributed by atoms with Crippen LogP contribution in [0.2, 0.25) is 0 Å². The summed E-state index contributed by atoms with van der Waals surface area (Å²) in [7, 11) is 0. The molecule has 0 aliphatic rings. The lowest BCUT2D eigenvalue weighted by atomic mass is 10.1. The van der Waals surface area contributed by atoms with Crippen molar-refractivity contribution in [3.05, 3.63) is 71.3 Å². The highest BCUT2D eigenvalue weighted by atomic mass is 16.3. The monoisotopic (exact) mass is 383 g/mol. The van der Waals surface area contributed by atoms with E-state index in [1.54, 1.807) is 18.2 Å². The summed E-state index contributed by atoms with van der Waals surface area (Å²) in [4.78, 5) is 1.98. The predicted molar refractivity (Wildman–Crippen MR) is 102 cm³/mol. The van der Waals surface area contributed by atoms with Gasteiger partial charge in [-0.3, -0.25) is 4.90 Å². The number of aromatic hydroxyl groups is 6. The van der Waals surface area contributed by atoms with Crippen molar-refractivity contribution < 1.29 is 30.6 Å². The second kappa shape index (κ2) is 7.98. The van der Waals surface area contributed by atoms with Crippen molar-refractivity contribution in [2.45, 2.75) is 19.6 Å². The molecule has 0 saturated heterocycles. The summed E-state index contributed by atoms with van der Waals surface area (Å²) in [5.74, 6) is -1.28. The Kier molecular flexibility index (Phi) is 5.47. The van der Waals surface area contributed by atoms with E-state index in [-0.39, 0.29) is 34.5 Å². The van der Waals surface area contributed by atoms with Gasteiger partial charge in [0.15, 0.2) is 34.5 Å². The average molecular weight is 383 g/mol. The van der Waals surface area contributed by atoms with Gasteiger partial charge < -0.3 is 30.6 Å². The lowest BCUT2D eigenvalue weighted by Crippen LogP contribution is -2.22. The maximum Gasteiger partial charge on any atom is 0.157 e. The highest BCUT2D eigenvalue weighted by Gasteiger charge is 2.12. The third kappa shape index (κ3) is 4.57. The van der Waals surface area contributed by atoms with Crippen LogP contribution in [0.25, 0.3) is 0 Å². The Balaban J connectivity index is 1.86. The molecule has 7 heteroatoms. The highest BCUT2D eigenvalue weighted by molar-refractivity contribution is 5.42. The van der Waals surface area contributed by atoms with E-state index in [9.17, 15) is 30.6 Å². The van der Waals surface area contributed by atoms with Crippen LogP contribution in [0.1, 0.15) is 16.7 Å². The van der Waals surface area contributed by atoms with Gasteiger partial charge in [0.25, 0.3) is 0 Å². The minimum absolute atomic E-state index is 0.206. The van der Waals surface area contributed by atoms with Gasteiger partial charge in [-0.1, -0.05) is 18.2 Å². The summed E-state index contributed by atoms with van der Waals surface area (Å²) in [5.41, 5.74) is 2.25. The maximum atomic E-state index is 9.74. The van der Waals surface area contributed by atoms with Crippen molar-refractivity contribution in [3.63, 3.8) is 0 Å². The fourth-order valence-corrected chi connectivity index (χ4v) is 2.94. The van der Waals surface area contributed by atoms with Crippen LogP contribution in [-0.2, 0) is 19.6 Å². The predicted octanol–water partition coefficient (Wildman–Crippen LogP) is 3.12. The summed E-state index contributed by atoms with van der Waals surface area (Å²) >= 11 is 0. The molecule has 0 aliphatic carbocycles. The van der Waals surface area contributed by atoms with Crippen LogP contribution in [-0.4, -0.2) is 35.5 Å². The SMILES string of the molecule is Oc1ccc(CN(Cc2ccc(O)c(O)c2)Cc2ccc(O)c(O)c2)cc1O. The van der Waals surface area contributed by atoms with Gasteiger partial charge in [-0.25, -0.2) is 0 Å². The van der Waals surface area contributed by atoms with E-state index >= 15 is 0 Å². The van der Waals surface area contributed by atoms with Gasteiger partial charge in [0, 0.05) is 19.6 Å². The summed E-state index contributed by atoms with van der Waals surface area (Å²) in [5, 5.41) is 57.7. The molecule has 3 aromatic carbocycles. The van der Waals surface area contributed by atoms with Crippen molar-refractivity contribution in [2.24, 2.45) is 0 Å². The molecule has 0 aromatic heterocycles. The summed E-state index contributed by atoms with van der Waals surface area (Å²) < 4.78 is 0. The second-order valence-corrected chi connectivity index (χ2v) is 6.61. The smallest absolute Gasteiger partial charge is 0.157 e. The minimum atomic E-state index is -0.220. The van der Waals surface area contributed by atoms with Gasteiger partial charge in [-0.05, 0) is 53.1 Å². The summed E-state index contributed by atoms with van der Waals surface area (Å²) in [6.07, 6.45) is 0. The quantitative estimate of drug-likeness (QED) is 0.361. The molecule has 146 valence electrons. The van der Waals surface area contributed by atoms with E-state index < -0.39 is 0 Å². The zero-order valence-electron chi connectivity index (χ0n) is 14.9. The Hall–Kier alpha value is -3.58. The molecule has 0 aliphatic heterocycles. The second-order valence-electron chi connectivity index (χ2n) is 6.61. The van der Waals surface area contributed by atoms with E-state index in [4.69, 9.17) is 0 Å². The molecule has 0 amide bonds. The van der Waals surface area contributed by atoms with Gasteiger partial charge in [-0.15, -0.1) is 0 Å². The Labute approximate surface area is 161 Å². The molecule has 0 atom stereocenters. The van der Waals surface area contributed by atoms with Crippen molar-refractivity contribution in [1.82, 2.24) is 4.90 Å². The molecule has 0 fully saturated rings. The molecular formula is C21H21NO6. The molecule has 0 radical (unpaired) electrons.